The number of carbonyl (C=O) groups excluding carboxylic acids is 1. The monoisotopic (exact) mass is 315 g/mol. The van der Waals surface area contributed by atoms with Crippen LogP contribution in [0.1, 0.15) is 12.8 Å². The molecule has 1 N–H and O–H groups in total. The minimum Gasteiger partial charge on any atom is -0.468 e. The number of hydrogen-bond donors (Lipinski definition) is 1. The number of esters is 1. The Kier molecular flexibility index (Phi) is 5.58. The molecule has 1 saturated carbocycles. The van der Waals surface area contributed by atoms with Crippen LogP contribution in [0.3, 0.4) is 0 Å². The minimum absolute atomic E-state index is 0.00361. The second-order valence-corrected chi connectivity index (χ2v) is 5.23. The lowest BCUT2D eigenvalue weighted by molar-refractivity contribution is -0.141. The van der Waals surface area contributed by atoms with Gasteiger partial charge >= 0.3 is 5.97 Å². The van der Waals surface area contributed by atoms with Crippen molar-refractivity contribution in [2.45, 2.75) is 19.4 Å². The molecule has 8 heteroatoms. The van der Waals surface area contributed by atoms with E-state index in [1.54, 1.807) is 0 Å². The second-order valence-electron chi connectivity index (χ2n) is 4.86. The molecule has 0 radical (unpaired) electrons. The molecule has 0 aromatic carbocycles. The maximum absolute atomic E-state index is 11.9. The summed E-state index contributed by atoms with van der Waals surface area (Å²) in [4.78, 5) is 23.1. The third kappa shape index (κ3) is 4.71. The predicted molar refractivity (Wildman–Crippen MR) is 77.6 cm³/mol. The second kappa shape index (κ2) is 7.42. The van der Waals surface area contributed by atoms with Gasteiger partial charge in [-0.3, -0.25) is 9.59 Å². The Morgan fingerprint density at radius 1 is 1.57 bits per heavy atom. The van der Waals surface area contributed by atoms with Crippen molar-refractivity contribution in [1.29, 1.82) is 0 Å². The molecular formula is C13H18ClN3O4. The molecule has 1 aliphatic rings. The molecule has 0 atom stereocenters. The number of ether oxygens (including phenoxy) is 2. The van der Waals surface area contributed by atoms with Crippen molar-refractivity contribution < 1.29 is 14.3 Å². The van der Waals surface area contributed by atoms with E-state index in [4.69, 9.17) is 16.3 Å². The van der Waals surface area contributed by atoms with Gasteiger partial charge in [0.25, 0.3) is 5.56 Å². The van der Waals surface area contributed by atoms with Gasteiger partial charge in [-0.15, -0.1) is 0 Å². The van der Waals surface area contributed by atoms with E-state index in [1.807, 2.05) is 0 Å². The van der Waals surface area contributed by atoms with Crippen LogP contribution in [0.2, 0.25) is 5.02 Å². The van der Waals surface area contributed by atoms with Gasteiger partial charge in [-0.05, 0) is 18.8 Å². The van der Waals surface area contributed by atoms with Gasteiger partial charge in [-0.25, -0.2) is 4.68 Å². The summed E-state index contributed by atoms with van der Waals surface area (Å²) in [5.74, 6) is 0.160. The highest BCUT2D eigenvalue weighted by Crippen LogP contribution is 2.28. The van der Waals surface area contributed by atoms with E-state index in [0.717, 1.165) is 17.2 Å². The van der Waals surface area contributed by atoms with E-state index in [0.29, 0.717) is 18.8 Å². The van der Waals surface area contributed by atoms with Gasteiger partial charge in [0.15, 0.2) is 0 Å². The molecule has 1 heterocycles. The van der Waals surface area contributed by atoms with Gasteiger partial charge in [0, 0.05) is 13.2 Å². The summed E-state index contributed by atoms with van der Waals surface area (Å²) in [7, 11) is 1.24. The Bertz CT molecular complexity index is 557. The van der Waals surface area contributed by atoms with Crippen LogP contribution in [-0.4, -0.2) is 42.6 Å². The van der Waals surface area contributed by atoms with Crippen LogP contribution < -0.4 is 10.9 Å². The number of hydrogen-bond acceptors (Lipinski definition) is 6. The lowest BCUT2D eigenvalue weighted by atomic mass is 10.4. The molecular weight excluding hydrogens is 298 g/mol. The molecule has 1 aromatic rings. The van der Waals surface area contributed by atoms with Crippen molar-refractivity contribution in [3.05, 3.63) is 21.6 Å². The summed E-state index contributed by atoms with van der Waals surface area (Å²) >= 11 is 5.97. The average Bonchev–Trinajstić information content (AvgIpc) is 3.29. The molecule has 0 aliphatic heterocycles. The number of methoxy groups -OCH3 is 1. The third-order valence-corrected chi connectivity index (χ3v) is 3.47. The lowest BCUT2D eigenvalue weighted by Gasteiger charge is -2.10. The Labute approximate surface area is 127 Å². The third-order valence-electron chi connectivity index (χ3n) is 3.10. The number of carbonyl (C=O) groups is 1. The van der Waals surface area contributed by atoms with Gasteiger partial charge in [0.2, 0.25) is 0 Å². The van der Waals surface area contributed by atoms with Crippen molar-refractivity contribution in [2.75, 3.05) is 32.2 Å². The Morgan fingerprint density at radius 3 is 3.00 bits per heavy atom. The van der Waals surface area contributed by atoms with Gasteiger partial charge < -0.3 is 14.8 Å². The fourth-order valence-electron chi connectivity index (χ4n) is 1.68. The van der Waals surface area contributed by atoms with Crippen LogP contribution in [0.25, 0.3) is 0 Å². The van der Waals surface area contributed by atoms with E-state index in [9.17, 15) is 9.59 Å². The van der Waals surface area contributed by atoms with Crippen molar-refractivity contribution in [3.63, 3.8) is 0 Å². The molecule has 0 spiro atoms. The fourth-order valence-corrected chi connectivity index (χ4v) is 1.89. The topological polar surface area (TPSA) is 82.5 Å². The van der Waals surface area contributed by atoms with Crippen molar-refractivity contribution >= 4 is 23.3 Å². The van der Waals surface area contributed by atoms with Crippen LogP contribution in [-0.2, 0) is 20.8 Å². The summed E-state index contributed by atoms with van der Waals surface area (Å²) in [6.45, 7) is 1.60. The summed E-state index contributed by atoms with van der Waals surface area (Å²) in [6.07, 6.45) is 3.91. The van der Waals surface area contributed by atoms with E-state index in [2.05, 4.69) is 15.2 Å². The van der Waals surface area contributed by atoms with E-state index in [1.165, 1.54) is 26.1 Å². The number of rotatable bonds is 8. The van der Waals surface area contributed by atoms with Gasteiger partial charge in [0.1, 0.15) is 11.6 Å². The van der Waals surface area contributed by atoms with Gasteiger partial charge in [-0.2, -0.15) is 5.10 Å². The summed E-state index contributed by atoms with van der Waals surface area (Å²) in [5.41, 5.74) is -0.108. The number of halogens is 1. The van der Waals surface area contributed by atoms with E-state index < -0.39 is 11.5 Å². The quantitative estimate of drug-likeness (QED) is 0.567. The van der Waals surface area contributed by atoms with Crippen LogP contribution >= 0.6 is 11.6 Å². The van der Waals surface area contributed by atoms with Crippen molar-refractivity contribution in [1.82, 2.24) is 9.78 Å². The highest BCUT2D eigenvalue weighted by molar-refractivity contribution is 6.32. The van der Waals surface area contributed by atoms with E-state index in [-0.39, 0.29) is 11.6 Å². The zero-order valence-corrected chi connectivity index (χ0v) is 12.6. The van der Waals surface area contributed by atoms with Crippen LogP contribution in [0.4, 0.5) is 5.69 Å². The zero-order chi connectivity index (χ0) is 15.2. The van der Waals surface area contributed by atoms with Gasteiger partial charge in [0.05, 0.1) is 25.6 Å². The standard InChI is InChI=1S/C13H18ClN3O4/c1-20-11(18)7-17-13(19)12(14)10(6-16-17)15-4-5-21-8-9-2-3-9/h6,9,15H,2-5,7-8H2,1H3. The lowest BCUT2D eigenvalue weighted by Crippen LogP contribution is -2.28. The molecule has 1 fully saturated rings. The van der Waals surface area contributed by atoms with Crippen molar-refractivity contribution in [3.8, 4) is 0 Å². The maximum atomic E-state index is 11.9. The molecule has 0 unspecified atom stereocenters. The van der Waals surface area contributed by atoms with Crippen molar-refractivity contribution in [2.24, 2.45) is 5.92 Å². The van der Waals surface area contributed by atoms with Crippen LogP contribution in [0.5, 0.6) is 0 Å². The summed E-state index contributed by atoms with van der Waals surface area (Å²) in [6, 6.07) is 0. The van der Waals surface area contributed by atoms with Crippen LogP contribution in [0.15, 0.2) is 11.0 Å². The first kappa shape index (κ1) is 15.8. The zero-order valence-electron chi connectivity index (χ0n) is 11.8. The molecule has 0 amide bonds. The van der Waals surface area contributed by atoms with Crippen LogP contribution in [0, 0.1) is 5.92 Å². The molecule has 0 bridgehead atoms. The first-order valence-corrected chi connectivity index (χ1v) is 7.13. The molecule has 1 aliphatic carbocycles. The Morgan fingerprint density at radius 2 is 2.33 bits per heavy atom. The Balaban J connectivity index is 1.86. The average molecular weight is 316 g/mol. The fraction of sp³-hybridized carbons (Fsp3) is 0.615. The SMILES string of the molecule is COC(=O)Cn1ncc(NCCOCC2CC2)c(Cl)c1=O. The summed E-state index contributed by atoms with van der Waals surface area (Å²) in [5, 5.41) is 6.87. The Hall–Kier alpha value is -1.60. The number of aromatic nitrogens is 2. The molecule has 21 heavy (non-hydrogen) atoms. The highest BCUT2D eigenvalue weighted by Gasteiger charge is 2.20. The molecule has 0 saturated heterocycles. The molecule has 1 aromatic heterocycles. The maximum Gasteiger partial charge on any atom is 0.327 e. The molecule has 7 nitrogen and oxygen atoms in total. The summed E-state index contributed by atoms with van der Waals surface area (Å²) < 4.78 is 10.9. The molecule has 2 rings (SSSR count). The van der Waals surface area contributed by atoms with Gasteiger partial charge in [-0.1, -0.05) is 11.6 Å². The minimum atomic E-state index is -0.560. The first-order chi connectivity index (χ1) is 10.1. The number of anilines is 1. The largest absolute Gasteiger partial charge is 0.468 e. The number of nitrogens with one attached hydrogen (secondary N) is 1. The first-order valence-electron chi connectivity index (χ1n) is 6.76. The normalized spacial score (nSPS) is 14.0. The van der Waals surface area contributed by atoms with E-state index >= 15 is 0 Å². The smallest absolute Gasteiger partial charge is 0.327 e. The predicted octanol–water partition coefficient (Wildman–Crippen LogP) is 0.908. The highest BCUT2D eigenvalue weighted by atomic mass is 35.5. The number of nitrogens with zero attached hydrogens (tertiary/aromatic N) is 2. The molecule has 116 valence electrons.